The van der Waals surface area contributed by atoms with Gasteiger partial charge in [-0.15, -0.1) is 0 Å². The van der Waals surface area contributed by atoms with Gasteiger partial charge in [0.2, 0.25) is 0 Å². The van der Waals surface area contributed by atoms with Crippen molar-refractivity contribution in [2.75, 3.05) is 31.7 Å². The van der Waals surface area contributed by atoms with Crippen LogP contribution in [0.4, 0.5) is 18.9 Å². The molecule has 1 aliphatic rings. The molecule has 1 aliphatic heterocycles. The summed E-state index contributed by atoms with van der Waals surface area (Å²) in [6.07, 6.45) is -0.570. The molecular weight excluding hydrogens is 321 g/mol. The molecule has 1 aromatic carbocycles. The summed E-state index contributed by atoms with van der Waals surface area (Å²) in [5, 5.41) is 3.84. The number of alkyl halides is 3. The molecule has 2 aromatic rings. The average Bonchev–Trinajstić information content (AvgIpc) is 3.06. The lowest BCUT2D eigenvalue weighted by atomic mass is 10.1. The summed E-state index contributed by atoms with van der Waals surface area (Å²) in [5.41, 5.74) is 0.365. The zero-order chi connectivity index (χ0) is 17.0. The number of nitrogens with zero attached hydrogens (tertiary/aromatic N) is 1. The monoisotopic (exact) mass is 340 g/mol. The number of benzene rings is 1. The molecule has 0 bridgehead atoms. The summed E-state index contributed by atoms with van der Waals surface area (Å²) in [5.74, 6) is 0. The standard InChI is InChI=1S/C17H19F3N2O2/c18-17(19,20)12-3-4-14-15(5-6-21-16(14)10-12)22-7-9-23-11-13-2-1-8-24-13/h3-6,10,13H,1-2,7-9,11H2,(H,21,22). The summed E-state index contributed by atoms with van der Waals surface area (Å²) in [6.45, 7) is 2.44. The highest BCUT2D eigenvalue weighted by molar-refractivity contribution is 5.91. The van der Waals surface area contributed by atoms with Gasteiger partial charge >= 0.3 is 6.18 Å². The Balaban J connectivity index is 1.58. The van der Waals surface area contributed by atoms with Gasteiger partial charge in [0.15, 0.2) is 0 Å². The molecule has 0 aliphatic carbocycles. The van der Waals surface area contributed by atoms with Crippen molar-refractivity contribution in [3.05, 3.63) is 36.0 Å². The second kappa shape index (κ2) is 7.36. The first kappa shape index (κ1) is 17.0. The zero-order valence-electron chi connectivity index (χ0n) is 13.1. The van der Waals surface area contributed by atoms with Gasteiger partial charge in [-0.3, -0.25) is 4.98 Å². The number of halogens is 3. The third-order valence-electron chi connectivity index (χ3n) is 3.96. The maximum absolute atomic E-state index is 12.8. The number of pyridine rings is 1. The summed E-state index contributed by atoms with van der Waals surface area (Å²) in [4.78, 5) is 4.02. The Morgan fingerprint density at radius 3 is 2.92 bits per heavy atom. The first-order valence-corrected chi connectivity index (χ1v) is 7.93. The van der Waals surface area contributed by atoms with Gasteiger partial charge in [-0.05, 0) is 31.0 Å². The molecule has 1 fully saturated rings. The Bertz CT molecular complexity index is 685. The molecule has 24 heavy (non-hydrogen) atoms. The molecule has 0 amide bonds. The highest BCUT2D eigenvalue weighted by Crippen LogP contribution is 2.32. The van der Waals surface area contributed by atoms with E-state index in [0.717, 1.165) is 37.3 Å². The maximum Gasteiger partial charge on any atom is 0.416 e. The van der Waals surface area contributed by atoms with Crippen molar-refractivity contribution >= 4 is 16.6 Å². The third kappa shape index (κ3) is 4.15. The van der Waals surface area contributed by atoms with Crippen LogP contribution < -0.4 is 5.32 Å². The Morgan fingerprint density at radius 1 is 1.29 bits per heavy atom. The predicted octanol–water partition coefficient (Wildman–Crippen LogP) is 3.86. The van der Waals surface area contributed by atoms with Crippen LogP contribution in [0.5, 0.6) is 0 Å². The number of hydrogen-bond acceptors (Lipinski definition) is 4. The lowest BCUT2D eigenvalue weighted by Crippen LogP contribution is -2.18. The van der Waals surface area contributed by atoms with E-state index in [1.54, 1.807) is 6.07 Å². The Kier molecular flexibility index (Phi) is 5.20. The molecule has 0 saturated carbocycles. The molecule has 1 atom stereocenters. The topological polar surface area (TPSA) is 43.4 Å². The Hall–Kier alpha value is -1.86. The molecule has 4 nitrogen and oxygen atoms in total. The number of rotatable bonds is 6. The minimum atomic E-state index is -4.37. The van der Waals surface area contributed by atoms with Crippen molar-refractivity contribution in [1.29, 1.82) is 0 Å². The van der Waals surface area contributed by atoms with Gasteiger partial charge in [0, 0.05) is 30.4 Å². The highest BCUT2D eigenvalue weighted by atomic mass is 19.4. The van der Waals surface area contributed by atoms with E-state index in [1.807, 2.05) is 0 Å². The van der Waals surface area contributed by atoms with Crippen molar-refractivity contribution in [2.45, 2.75) is 25.1 Å². The second-order valence-corrected chi connectivity index (χ2v) is 5.72. The molecule has 130 valence electrons. The SMILES string of the molecule is FC(F)(F)c1ccc2c(NCCOCC3CCCO3)ccnc2c1. The van der Waals surface area contributed by atoms with E-state index in [9.17, 15) is 13.2 Å². The number of fused-ring (bicyclic) bond motifs is 1. The zero-order valence-corrected chi connectivity index (χ0v) is 13.1. The number of hydrogen-bond donors (Lipinski definition) is 1. The fourth-order valence-corrected chi connectivity index (χ4v) is 2.73. The fourth-order valence-electron chi connectivity index (χ4n) is 2.73. The fraction of sp³-hybridized carbons (Fsp3) is 0.471. The first-order chi connectivity index (χ1) is 11.5. The molecule has 7 heteroatoms. The van der Waals surface area contributed by atoms with Crippen molar-refractivity contribution < 1.29 is 22.6 Å². The molecule has 2 heterocycles. The van der Waals surface area contributed by atoms with Gasteiger partial charge in [-0.25, -0.2) is 0 Å². The Labute approximate surface area is 138 Å². The van der Waals surface area contributed by atoms with Gasteiger partial charge in [-0.2, -0.15) is 13.2 Å². The molecule has 0 spiro atoms. The molecule has 0 radical (unpaired) electrons. The summed E-state index contributed by atoms with van der Waals surface area (Å²) >= 11 is 0. The van der Waals surface area contributed by atoms with Crippen molar-refractivity contribution in [2.24, 2.45) is 0 Å². The second-order valence-electron chi connectivity index (χ2n) is 5.72. The quantitative estimate of drug-likeness (QED) is 0.811. The highest BCUT2D eigenvalue weighted by Gasteiger charge is 2.30. The van der Waals surface area contributed by atoms with E-state index < -0.39 is 11.7 Å². The minimum absolute atomic E-state index is 0.188. The normalized spacial score (nSPS) is 18.2. The number of ether oxygens (including phenoxy) is 2. The molecular formula is C17H19F3N2O2. The van der Waals surface area contributed by atoms with Crippen LogP contribution in [0, 0.1) is 0 Å². The third-order valence-corrected chi connectivity index (χ3v) is 3.96. The molecule has 3 rings (SSSR count). The Morgan fingerprint density at radius 2 is 2.17 bits per heavy atom. The van der Waals surface area contributed by atoms with E-state index in [1.165, 1.54) is 12.3 Å². The number of aromatic nitrogens is 1. The number of anilines is 1. The molecule has 1 unspecified atom stereocenters. The van der Waals surface area contributed by atoms with Gasteiger partial charge in [0.1, 0.15) is 0 Å². The smallest absolute Gasteiger partial charge is 0.382 e. The van der Waals surface area contributed by atoms with Gasteiger partial charge in [-0.1, -0.05) is 6.07 Å². The lowest BCUT2D eigenvalue weighted by molar-refractivity contribution is -0.137. The summed E-state index contributed by atoms with van der Waals surface area (Å²) in [6, 6.07) is 5.33. The van der Waals surface area contributed by atoms with E-state index in [4.69, 9.17) is 9.47 Å². The van der Waals surface area contributed by atoms with Crippen LogP contribution in [0.2, 0.25) is 0 Å². The summed E-state index contributed by atoms with van der Waals surface area (Å²) in [7, 11) is 0. The summed E-state index contributed by atoms with van der Waals surface area (Å²) < 4.78 is 49.3. The van der Waals surface area contributed by atoms with Crippen LogP contribution in [0.15, 0.2) is 30.5 Å². The average molecular weight is 340 g/mol. The van der Waals surface area contributed by atoms with Gasteiger partial charge in [0.25, 0.3) is 0 Å². The minimum Gasteiger partial charge on any atom is -0.382 e. The van der Waals surface area contributed by atoms with Crippen LogP contribution in [-0.2, 0) is 15.7 Å². The van der Waals surface area contributed by atoms with Crippen LogP contribution in [0.3, 0.4) is 0 Å². The van der Waals surface area contributed by atoms with E-state index in [-0.39, 0.29) is 6.10 Å². The molecule has 1 N–H and O–H groups in total. The van der Waals surface area contributed by atoms with E-state index in [0.29, 0.717) is 30.7 Å². The molecule has 1 aromatic heterocycles. The largest absolute Gasteiger partial charge is 0.416 e. The lowest BCUT2D eigenvalue weighted by Gasteiger charge is -2.13. The van der Waals surface area contributed by atoms with Crippen LogP contribution in [-0.4, -0.2) is 37.5 Å². The number of nitrogens with one attached hydrogen (secondary N) is 1. The van der Waals surface area contributed by atoms with Crippen LogP contribution in [0.1, 0.15) is 18.4 Å². The van der Waals surface area contributed by atoms with Crippen molar-refractivity contribution in [3.63, 3.8) is 0 Å². The van der Waals surface area contributed by atoms with Crippen molar-refractivity contribution in [3.8, 4) is 0 Å². The van der Waals surface area contributed by atoms with Crippen molar-refractivity contribution in [1.82, 2.24) is 4.98 Å². The van der Waals surface area contributed by atoms with Gasteiger partial charge in [0.05, 0.1) is 30.4 Å². The van der Waals surface area contributed by atoms with Gasteiger partial charge < -0.3 is 14.8 Å². The maximum atomic E-state index is 12.8. The van der Waals surface area contributed by atoms with Crippen LogP contribution >= 0.6 is 0 Å². The molecule has 1 saturated heterocycles. The van der Waals surface area contributed by atoms with Crippen LogP contribution in [0.25, 0.3) is 10.9 Å². The van der Waals surface area contributed by atoms with E-state index >= 15 is 0 Å². The van der Waals surface area contributed by atoms with E-state index in [2.05, 4.69) is 10.3 Å². The predicted molar refractivity (Wildman–Crippen MR) is 85.0 cm³/mol. The first-order valence-electron chi connectivity index (χ1n) is 7.93.